The van der Waals surface area contributed by atoms with E-state index in [1.54, 1.807) is 0 Å². The van der Waals surface area contributed by atoms with Crippen LogP contribution in [0.4, 0.5) is 0 Å². The third-order valence-electron chi connectivity index (χ3n) is 5.09. The zero-order chi connectivity index (χ0) is 18.0. The molecule has 0 unspecified atom stereocenters. The number of furan rings is 1. The monoisotopic (exact) mass is 411 g/mol. The van der Waals surface area contributed by atoms with Crippen molar-refractivity contribution in [3.8, 4) is 0 Å². The molecule has 7 heteroatoms. The molecule has 2 saturated heterocycles. The van der Waals surface area contributed by atoms with E-state index in [2.05, 4.69) is 20.8 Å². The highest BCUT2D eigenvalue weighted by Crippen LogP contribution is 2.28. The van der Waals surface area contributed by atoms with E-state index in [1.165, 1.54) is 0 Å². The Hall–Kier alpha value is -1.34. The van der Waals surface area contributed by atoms with Crippen LogP contribution in [0.5, 0.6) is 0 Å². The van der Waals surface area contributed by atoms with Crippen molar-refractivity contribution in [2.75, 3.05) is 45.8 Å². The van der Waals surface area contributed by atoms with Crippen LogP contribution in [0.25, 0.3) is 0 Å². The van der Waals surface area contributed by atoms with Crippen molar-refractivity contribution in [3.05, 3.63) is 21.6 Å². The van der Waals surface area contributed by atoms with Gasteiger partial charge in [0, 0.05) is 39.3 Å². The maximum Gasteiger partial charge on any atom is 0.258 e. The Morgan fingerprint density at radius 2 is 1.60 bits per heavy atom. The Labute approximate surface area is 157 Å². The molecular weight excluding hydrogens is 386 g/mol. The third kappa shape index (κ3) is 4.08. The van der Waals surface area contributed by atoms with Crippen LogP contribution in [-0.2, 0) is 4.79 Å². The fraction of sp³-hybridized carbons (Fsp3) is 0.667. The molecule has 25 heavy (non-hydrogen) atoms. The molecule has 0 spiro atoms. The van der Waals surface area contributed by atoms with E-state index in [1.807, 2.05) is 23.6 Å². The Morgan fingerprint density at radius 3 is 2.24 bits per heavy atom. The van der Waals surface area contributed by atoms with Crippen LogP contribution in [0.3, 0.4) is 0 Å². The predicted molar refractivity (Wildman–Crippen MR) is 98.7 cm³/mol. The van der Waals surface area contributed by atoms with E-state index in [4.69, 9.17) is 4.42 Å². The lowest BCUT2D eigenvalue weighted by Crippen LogP contribution is -2.41. The van der Waals surface area contributed by atoms with Gasteiger partial charge in [0.05, 0.1) is 16.6 Å². The van der Waals surface area contributed by atoms with Crippen molar-refractivity contribution in [1.29, 1.82) is 0 Å². The number of halogens is 1. The second-order valence-corrected chi connectivity index (χ2v) is 7.71. The van der Waals surface area contributed by atoms with Crippen LogP contribution in [0.1, 0.15) is 41.1 Å². The summed E-state index contributed by atoms with van der Waals surface area (Å²) in [5.41, 5.74) is 0.624. The Morgan fingerprint density at radius 1 is 0.920 bits per heavy atom. The second-order valence-electron chi connectivity index (χ2n) is 6.91. The van der Waals surface area contributed by atoms with Crippen molar-refractivity contribution in [2.45, 2.75) is 33.1 Å². The minimum absolute atomic E-state index is 0.00828. The smallest absolute Gasteiger partial charge is 0.258 e. The number of carbonyl (C=O) groups is 2. The fourth-order valence-corrected chi connectivity index (χ4v) is 4.18. The van der Waals surface area contributed by atoms with Gasteiger partial charge < -0.3 is 14.2 Å². The molecule has 2 amide bonds. The number of nitrogens with zero attached hydrogens (tertiary/aromatic N) is 3. The van der Waals surface area contributed by atoms with E-state index in [0.29, 0.717) is 31.0 Å². The summed E-state index contributed by atoms with van der Waals surface area (Å²) >= 11 is 3.47. The second kappa shape index (κ2) is 7.91. The lowest BCUT2D eigenvalue weighted by molar-refractivity contribution is -0.131. The minimum Gasteiger partial charge on any atom is -0.465 e. The van der Waals surface area contributed by atoms with Gasteiger partial charge in [0.1, 0.15) is 11.5 Å². The van der Waals surface area contributed by atoms with Gasteiger partial charge in [-0.05, 0) is 49.0 Å². The SMILES string of the molecule is Cc1oc(C)c(C(=O)N2CCCN(CC(=O)N3CCCC3)CC2)c1Br. The molecule has 138 valence electrons. The molecule has 0 N–H and O–H groups in total. The number of likely N-dealkylation sites (tertiary alicyclic amines) is 1. The standard InChI is InChI=1S/C18H26BrN3O3/c1-13-16(17(19)14(2)25-13)18(24)22-9-5-6-20(10-11-22)12-15(23)21-7-3-4-8-21/h3-12H2,1-2H3. The average molecular weight is 412 g/mol. The Kier molecular flexibility index (Phi) is 5.84. The van der Waals surface area contributed by atoms with Crippen LogP contribution in [0.15, 0.2) is 8.89 Å². The van der Waals surface area contributed by atoms with Crippen molar-refractivity contribution in [3.63, 3.8) is 0 Å². The number of aryl methyl sites for hydroxylation is 2. The van der Waals surface area contributed by atoms with E-state index in [-0.39, 0.29) is 11.8 Å². The molecule has 2 fully saturated rings. The lowest BCUT2D eigenvalue weighted by atomic mass is 10.2. The maximum atomic E-state index is 12.9. The predicted octanol–water partition coefficient (Wildman–Crippen LogP) is 2.43. The van der Waals surface area contributed by atoms with Crippen LogP contribution >= 0.6 is 15.9 Å². The number of amides is 2. The van der Waals surface area contributed by atoms with Gasteiger partial charge in [-0.15, -0.1) is 0 Å². The molecule has 0 radical (unpaired) electrons. The van der Waals surface area contributed by atoms with Crippen LogP contribution in [0.2, 0.25) is 0 Å². The zero-order valence-corrected chi connectivity index (χ0v) is 16.6. The molecule has 2 aliphatic heterocycles. The van der Waals surface area contributed by atoms with Gasteiger partial charge in [0.2, 0.25) is 5.91 Å². The molecule has 1 aromatic rings. The summed E-state index contributed by atoms with van der Waals surface area (Å²) in [5, 5.41) is 0. The van der Waals surface area contributed by atoms with E-state index in [9.17, 15) is 9.59 Å². The normalized spacial score (nSPS) is 19.3. The van der Waals surface area contributed by atoms with Gasteiger partial charge >= 0.3 is 0 Å². The largest absolute Gasteiger partial charge is 0.465 e. The highest BCUT2D eigenvalue weighted by atomic mass is 79.9. The van der Waals surface area contributed by atoms with Crippen molar-refractivity contribution >= 4 is 27.7 Å². The summed E-state index contributed by atoms with van der Waals surface area (Å²) in [7, 11) is 0. The summed E-state index contributed by atoms with van der Waals surface area (Å²) < 4.78 is 6.31. The Balaban J connectivity index is 1.59. The molecule has 6 nitrogen and oxygen atoms in total. The molecular formula is C18H26BrN3O3. The summed E-state index contributed by atoms with van der Waals surface area (Å²) in [6.07, 6.45) is 3.12. The average Bonchev–Trinajstić information content (AvgIpc) is 3.12. The fourth-order valence-electron chi connectivity index (χ4n) is 3.65. The lowest BCUT2D eigenvalue weighted by Gasteiger charge is -2.24. The minimum atomic E-state index is 0.00828. The first-order valence-electron chi connectivity index (χ1n) is 9.02. The van der Waals surface area contributed by atoms with Gasteiger partial charge in [0.25, 0.3) is 5.91 Å². The van der Waals surface area contributed by atoms with Gasteiger partial charge in [-0.2, -0.15) is 0 Å². The third-order valence-corrected chi connectivity index (χ3v) is 6.05. The highest BCUT2D eigenvalue weighted by Gasteiger charge is 2.27. The number of rotatable bonds is 3. The van der Waals surface area contributed by atoms with Crippen molar-refractivity contribution in [1.82, 2.24) is 14.7 Å². The first kappa shape index (κ1) is 18.5. The first-order valence-corrected chi connectivity index (χ1v) is 9.81. The van der Waals surface area contributed by atoms with Crippen LogP contribution in [-0.4, -0.2) is 72.3 Å². The van der Waals surface area contributed by atoms with E-state index in [0.717, 1.165) is 55.7 Å². The van der Waals surface area contributed by atoms with E-state index >= 15 is 0 Å². The molecule has 1 aromatic heterocycles. The van der Waals surface area contributed by atoms with Crippen molar-refractivity contribution < 1.29 is 14.0 Å². The van der Waals surface area contributed by atoms with Crippen molar-refractivity contribution in [2.24, 2.45) is 0 Å². The summed E-state index contributed by atoms with van der Waals surface area (Å²) in [4.78, 5) is 31.2. The van der Waals surface area contributed by atoms with Gasteiger partial charge in [-0.25, -0.2) is 0 Å². The number of hydrogen-bond donors (Lipinski definition) is 0. The Bertz CT molecular complexity index is 652. The van der Waals surface area contributed by atoms with E-state index < -0.39 is 0 Å². The molecule has 0 saturated carbocycles. The van der Waals surface area contributed by atoms with Gasteiger partial charge in [-0.1, -0.05) is 0 Å². The topological polar surface area (TPSA) is 57.0 Å². The summed E-state index contributed by atoms with van der Waals surface area (Å²) in [5.74, 6) is 1.61. The molecule has 3 rings (SSSR count). The number of carbonyl (C=O) groups excluding carboxylic acids is 2. The quantitative estimate of drug-likeness (QED) is 0.766. The summed E-state index contributed by atoms with van der Waals surface area (Å²) in [6.45, 7) is 8.87. The van der Waals surface area contributed by atoms with Crippen LogP contribution < -0.4 is 0 Å². The van der Waals surface area contributed by atoms with Crippen LogP contribution in [0, 0.1) is 13.8 Å². The van der Waals surface area contributed by atoms with Gasteiger partial charge in [-0.3, -0.25) is 14.5 Å². The maximum absolute atomic E-state index is 12.9. The number of hydrogen-bond acceptors (Lipinski definition) is 4. The van der Waals surface area contributed by atoms with Gasteiger partial charge in [0.15, 0.2) is 0 Å². The molecule has 0 aliphatic carbocycles. The highest BCUT2D eigenvalue weighted by molar-refractivity contribution is 9.10. The molecule has 0 bridgehead atoms. The molecule has 0 atom stereocenters. The molecule has 0 aromatic carbocycles. The molecule has 2 aliphatic rings. The zero-order valence-electron chi connectivity index (χ0n) is 15.0. The molecule has 3 heterocycles. The summed E-state index contributed by atoms with van der Waals surface area (Å²) in [6, 6.07) is 0. The first-order chi connectivity index (χ1) is 12.0.